The summed E-state index contributed by atoms with van der Waals surface area (Å²) in [7, 11) is 0. The quantitative estimate of drug-likeness (QED) is 0.657. The second-order valence-corrected chi connectivity index (χ2v) is 3.72. The van der Waals surface area contributed by atoms with Gasteiger partial charge in [-0.1, -0.05) is 30.3 Å². The summed E-state index contributed by atoms with van der Waals surface area (Å²) in [6, 6.07) is 10.5. The van der Waals surface area contributed by atoms with Gasteiger partial charge in [-0.15, -0.1) is 0 Å². The molecule has 92 valence electrons. The van der Waals surface area contributed by atoms with E-state index < -0.39 is 16.7 Å². The number of benzene rings is 1. The van der Waals surface area contributed by atoms with Gasteiger partial charge in [-0.25, -0.2) is 0 Å². The highest BCUT2D eigenvalue weighted by molar-refractivity contribution is 5.91. The van der Waals surface area contributed by atoms with Crippen LogP contribution < -0.4 is 5.73 Å². The van der Waals surface area contributed by atoms with Gasteiger partial charge in [0.1, 0.15) is 4.92 Å². The molecule has 0 radical (unpaired) electrons. The molecule has 0 atom stereocenters. The van der Waals surface area contributed by atoms with Crippen molar-refractivity contribution in [3.63, 3.8) is 0 Å². The van der Waals surface area contributed by atoms with Crippen LogP contribution in [0.3, 0.4) is 0 Å². The van der Waals surface area contributed by atoms with Crippen LogP contribution in [0.5, 0.6) is 0 Å². The second-order valence-electron chi connectivity index (χ2n) is 3.72. The third kappa shape index (κ3) is 2.37. The lowest BCUT2D eigenvalue weighted by atomic mass is 10.1. The molecule has 0 bridgehead atoms. The summed E-state index contributed by atoms with van der Waals surface area (Å²) in [5.74, 6) is -1.45. The van der Waals surface area contributed by atoms with Crippen LogP contribution in [-0.2, 0) is 6.42 Å². The van der Waals surface area contributed by atoms with Gasteiger partial charge in [0.15, 0.2) is 0 Å². The number of hydrogen-bond acceptors (Lipinski definition) is 4. The molecule has 2 N–H and O–H groups in total. The number of nitrogens with zero attached hydrogens (tertiary/aromatic N) is 1. The number of nitro groups is 1. The third-order valence-corrected chi connectivity index (χ3v) is 2.44. The van der Waals surface area contributed by atoms with Gasteiger partial charge >= 0.3 is 5.88 Å². The highest BCUT2D eigenvalue weighted by Gasteiger charge is 2.22. The fourth-order valence-electron chi connectivity index (χ4n) is 1.66. The minimum absolute atomic E-state index is 0.162. The topological polar surface area (TPSA) is 99.4 Å². The molecular weight excluding hydrogens is 236 g/mol. The second kappa shape index (κ2) is 4.70. The van der Waals surface area contributed by atoms with Gasteiger partial charge < -0.3 is 10.2 Å². The van der Waals surface area contributed by atoms with Crippen LogP contribution in [0.1, 0.15) is 21.7 Å². The molecule has 0 aliphatic rings. The molecule has 0 saturated heterocycles. The predicted octanol–water partition coefficient (Wildman–Crippen LogP) is 1.88. The molecule has 1 heterocycles. The zero-order valence-electron chi connectivity index (χ0n) is 9.33. The van der Waals surface area contributed by atoms with Gasteiger partial charge in [0.2, 0.25) is 5.76 Å². The molecule has 6 nitrogen and oxygen atoms in total. The van der Waals surface area contributed by atoms with Gasteiger partial charge in [0, 0.05) is 12.0 Å². The van der Waals surface area contributed by atoms with Crippen molar-refractivity contribution in [2.75, 3.05) is 0 Å². The van der Waals surface area contributed by atoms with E-state index in [-0.39, 0.29) is 5.76 Å². The Morgan fingerprint density at radius 1 is 1.33 bits per heavy atom. The van der Waals surface area contributed by atoms with Gasteiger partial charge in [-0.3, -0.25) is 14.9 Å². The van der Waals surface area contributed by atoms with Crippen molar-refractivity contribution >= 4 is 11.8 Å². The van der Waals surface area contributed by atoms with Gasteiger partial charge in [0.25, 0.3) is 5.91 Å². The van der Waals surface area contributed by atoms with Crippen molar-refractivity contribution in [1.82, 2.24) is 0 Å². The van der Waals surface area contributed by atoms with E-state index in [9.17, 15) is 14.9 Å². The first-order chi connectivity index (χ1) is 8.58. The van der Waals surface area contributed by atoms with Crippen LogP contribution in [0.2, 0.25) is 0 Å². The minimum Gasteiger partial charge on any atom is -0.395 e. The van der Waals surface area contributed by atoms with Crippen molar-refractivity contribution in [2.24, 2.45) is 5.73 Å². The molecule has 0 fully saturated rings. The molecular formula is C12H10N2O4. The summed E-state index contributed by atoms with van der Waals surface area (Å²) in [4.78, 5) is 21.1. The monoisotopic (exact) mass is 246 g/mol. The van der Waals surface area contributed by atoms with Crippen LogP contribution in [0, 0.1) is 10.1 Å². The Morgan fingerprint density at radius 3 is 2.56 bits per heavy atom. The highest BCUT2D eigenvalue weighted by atomic mass is 16.6. The lowest BCUT2D eigenvalue weighted by Gasteiger charge is -1.98. The standard InChI is InChI=1S/C12H10N2O4/c13-12(15)11-9(7-10(18-11)14(16)17)6-8-4-2-1-3-5-8/h1-5,7H,6H2,(H2,13,15). The Labute approximate surface area is 102 Å². The summed E-state index contributed by atoms with van der Waals surface area (Å²) in [6.07, 6.45) is 0.358. The molecule has 0 saturated carbocycles. The van der Waals surface area contributed by atoms with Crippen molar-refractivity contribution in [2.45, 2.75) is 6.42 Å². The SMILES string of the molecule is NC(=O)c1oc([N+](=O)[O-])cc1Cc1ccccc1. The Morgan fingerprint density at radius 2 is 2.00 bits per heavy atom. The zero-order chi connectivity index (χ0) is 13.1. The molecule has 0 spiro atoms. The number of nitrogens with two attached hydrogens (primary N) is 1. The minimum atomic E-state index is -0.811. The fraction of sp³-hybridized carbons (Fsp3) is 0.0833. The van der Waals surface area contributed by atoms with E-state index in [0.29, 0.717) is 12.0 Å². The highest BCUT2D eigenvalue weighted by Crippen LogP contribution is 2.23. The molecule has 2 aromatic rings. The molecule has 0 aliphatic heterocycles. The maximum absolute atomic E-state index is 11.2. The molecule has 6 heteroatoms. The summed E-state index contributed by atoms with van der Waals surface area (Å²) in [6.45, 7) is 0. The average Bonchev–Trinajstić information content (AvgIpc) is 2.74. The van der Waals surface area contributed by atoms with Crippen LogP contribution in [-0.4, -0.2) is 10.8 Å². The van der Waals surface area contributed by atoms with Gasteiger partial charge in [-0.2, -0.15) is 0 Å². The Kier molecular flexibility index (Phi) is 3.09. The van der Waals surface area contributed by atoms with Gasteiger partial charge in [-0.05, 0) is 5.56 Å². The average molecular weight is 246 g/mol. The van der Waals surface area contributed by atoms with E-state index in [1.807, 2.05) is 30.3 Å². The van der Waals surface area contributed by atoms with E-state index in [4.69, 9.17) is 10.2 Å². The first-order valence-corrected chi connectivity index (χ1v) is 5.18. The van der Waals surface area contributed by atoms with Gasteiger partial charge in [0.05, 0.1) is 6.07 Å². The van der Waals surface area contributed by atoms with Crippen LogP contribution in [0.15, 0.2) is 40.8 Å². The number of rotatable bonds is 4. The molecule has 0 unspecified atom stereocenters. The van der Waals surface area contributed by atoms with E-state index in [1.54, 1.807) is 0 Å². The maximum atomic E-state index is 11.2. The van der Waals surface area contributed by atoms with Crippen molar-refractivity contribution in [3.05, 3.63) is 63.4 Å². The predicted molar refractivity (Wildman–Crippen MR) is 63.1 cm³/mol. The number of hydrogen-bond donors (Lipinski definition) is 1. The first-order valence-electron chi connectivity index (χ1n) is 5.18. The number of carbonyl (C=O) groups excluding carboxylic acids is 1. The van der Waals surface area contributed by atoms with E-state index in [0.717, 1.165) is 5.56 Å². The Hall–Kier alpha value is -2.63. The normalized spacial score (nSPS) is 10.2. The van der Waals surface area contributed by atoms with Crippen LogP contribution in [0.4, 0.5) is 5.88 Å². The van der Waals surface area contributed by atoms with E-state index >= 15 is 0 Å². The number of amides is 1. The van der Waals surface area contributed by atoms with Crippen LogP contribution >= 0.6 is 0 Å². The van der Waals surface area contributed by atoms with Crippen molar-refractivity contribution in [3.8, 4) is 0 Å². The molecule has 18 heavy (non-hydrogen) atoms. The molecule has 1 aromatic carbocycles. The van der Waals surface area contributed by atoms with E-state index in [1.165, 1.54) is 6.07 Å². The molecule has 1 aromatic heterocycles. The first kappa shape index (κ1) is 11.8. The van der Waals surface area contributed by atoms with E-state index in [2.05, 4.69) is 0 Å². The lowest BCUT2D eigenvalue weighted by molar-refractivity contribution is -0.402. The summed E-state index contributed by atoms with van der Waals surface area (Å²) in [5, 5.41) is 10.6. The third-order valence-electron chi connectivity index (χ3n) is 2.44. The smallest absolute Gasteiger partial charge is 0.395 e. The number of primary amides is 1. The largest absolute Gasteiger partial charge is 0.434 e. The Bertz CT molecular complexity index is 589. The van der Waals surface area contributed by atoms with Crippen molar-refractivity contribution in [1.29, 1.82) is 0 Å². The fourth-order valence-corrected chi connectivity index (χ4v) is 1.66. The molecule has 0 aliphatic carbocycles. The maximum Gasteiger partial charge on any atom is 0.434 e. The van der Waals surface area contributed by atoms with Crippen LogP contribution in [0.25, 0.3) is 0 Å². The summed E-state index contributed by atoms with van der Waals surface area (Å²) >= 11 is 0. The number of carbonyl (C=O) groups is 1. The number of furan rings is 1. The summed E-state index contributed by atoms with van der Waals surface area (Å²) < 4.78 is 4.84. The molecule has 2 rings (SSSR count). The Balaban J connectivity index is 2.37. The summed E-state index contributed by atoms with van der Waals surface area (Å²) in [5.41, 5.74) is 6.46. The van der Waals surface area contributed by atoms with Crippen molar-refractivity contribution < 1.29 is 14.1 Å². The lowest BCUT2D eigenvalue weighted by Crippen LogP contribution is -2.12. The molecule has 1 amide bonds. The zero-order valence-corrected chi connectivity index (χ0v) is 9.33.